The van der Waals surface area contributed by atoms with Crippen molar-refractivity contribution in [3.8, 4) is 5.88 Å². The zero-order chi connectivity index (χ0) is 20.8. The molecule has 0 unspecified atom stereocenters. The molecule has 0 spiro atoms. The smallest absolute Gasteiger partial charge is 0.313 e. The molecule has 1 aliphatic carbocycles. The minimum absolute atomic E-state index is 0.0418. The highest BCUT2D eigenvalue weighted by atomic mass is 35.5. The van der Waals surface area contributed by atoms with Crippen LogP contribution in [0.25, 0.3) is 0 Å². The largest absolute Gasteiger partial charge is 0.474 e. The number of halogens is 1. The number of benzene rings is 1. The van der Waals surface area contributed by atoms with E-state index in [1.807, 2.05) is 0 Å². The van der Waals surface area contributed by atoms with E-state index in [1.165, 1.54) is 12.1 Å². The molecule has 1 aliphatic rings. The predicted molar refractivity (Wildman–Crippen MR) is 106 cm³/mol. The molecule has 3 rings (SSSR count). The summed E-state index contributed by atoms with van der Waals surface area (Å²) in [5.41, 5.74) is 0.543. The quantitative estimate of drug-likeness (QED) is 0.421. The Morgan fingerprint density at radius 3 is 2.69 bits per heavy atom. The van der Waals surface area contributed by atoms with Gasteiger partial charge in [0.05, 0.1) is 15.6 Å². The summed E-state index contributed by atoms with van der Waals surface area (Å²) >= 11 is 5.92. The second-order valence-electron chi connectivity index (χ2n) is 6.55. The lowest BCUT2D eigenvalue weighted by molar-refractivity contribution is -0.384. The molecule has 10 heteroatoms. The third kappa shape index (κ3) is 5.41. The van der Waals surface area contributed by atoms with Crippen molar-refractivity contribution in [1.82, 2.24) is 10.3 Å². The summed E-state index contributed by atoms with van der Waals surface area (Å²) in [5.74, 6) is -1.38. The fraction of sp³-hybridized carbons (Fsp3) is 0.316. The Labute approximate surface area is 171 Å². The van der Waals surface area contributed by atoms with Gasteiger partial charge in [-0.25, -0.2) is 4.98 Å². The molecule has 29 heavy (non-hydrogen) atoms. The summed E-state index contributed by atoms with van der Waals surface area (Å²) < 4.78 is 5.91. The van der Waals surface area contributed by atoms with Crippen molar-refractivity contribution >= 4 is 34.8 Å². The fourth-order valence-corrected chi connectivity index (χ4v) is 3.20. The number of rotatable bonds is 6. The number of hydrogen-bond acceptors (Lipinski definition) is 6. The molecule has 2 amide bonds. The van der Waals surface area contributed by atoms with Crippen molar-refractivity contribution in [2.75, 3.05) is 5.32 Å². The van der Waals surface area contributed by atoms with E-state index in [1.54, 1.807) is 18.3 Å². The van der Waals surface area contributed by atoms with E-state index in [2.05, 4.69) is 15.6 Å². The number of pyridine rings is 1. The molecule has 1 aromatic heterocycles. The number of ether oxygens (including phenoxy) is 1. The second kappa shape index (κ2) is 9.33. The summed E-state index contributed by atoms with van der Waals surface area (Å²) in [5, 5.41) is 15.5. The van der Waals surface area contributed by atoms with Gasteiger partial charge in [0.25, 0.3) is 5.69 Å². The van der Waals surface area contributed by atoms with Crippen LogP contribution >= 0.6 is 11.6 Å². The molecule has 9 nitrogen and oxygen atoms in total. The molecule has 152 valence electrons. The fourth-order valence-electron chi connectivity index (χ4n) is 2.98. The summed E-state index contributed by atoms with van der Waals surface area (Å²) in [6, 6.07) is 7.03. The number of nitrogens with one attached hydrogen (secondary N) is 2. The lowest BCUT2D eigenvalue weighted by Gasteiger charge is -2.15. The number of nitro benzene ring substituents is 1. The first-order chi connectivity index (χ1) is 13.9. The summed E-state index contributed by atoms with van der Waals surface area (Å²) in [4.78, 5) is 38.6. The Hall–Kier alpha value is -3.20. The number of hydrogen-bond donors (Lipinski definition) is 2. The molecule has 0 radical (unpaired) electrons. The highest BCUT2D eigenvalue weighted by molar-refractivity contribution is 6.41. The van der Waals surface area contributed by atoms with Crippen molar-refractivity contribution in [2.45, 2.75) is 38.3 Å². The van der Waals surface area contributed by atoms with Crippen LogP contribution < -0.4 is 15.4 Å². The Morgan fingerprint density at radius 2 is 2.00 bits per heavy atom. The normalized spacial score (nSPS) is 13.7. The van der Waals surface area contributed by atoms with E-state index in [0.29, 0.717) is 11.4 Å². The number of nitrogens with zero attached hydrogens (tertiary/aromatic N) is 2. The van der Waals surface area contributed by atoms with Crippen LogP contribution in [0.1, 0.15) is 31.2 Å². The number of carbonyl (C=O) groups excluding carboxylic acids is 2. The minimum atomic E-state index is -0.942. The zero-order valence-electron chi connectivity index (χ0n) is 15.4. The van der Waals surface area contributed by atoms with Crippen molar-refractivity contribution in [2.24, 2.45) is 0 Å². The van der Waals surface area contributed by atoms with E-state index in [4.69, 9.17) is 16.3 Å². The van der Waals surface area contributed by atoms with Gasteiger partial charge in [0.1, 0.15) is 6.10 Å². The zero-order valence-corrected chi connectivity index (χ0v) is 16.1. The summed E-state index contributed by atoms with van der Waals surface area (Å²) in [6.45, 7) is 0.0656. The van der Waals surface area contributed by atoms with Gasteiger partial charge in [-0.1, -0.05) is 17.7 Å². The SMILES string of the molecule is O=C(NCc1cccnc1OC1CCCC1)C(=O)Nc1ccc([N+](=O)[O-])cc1Cl. The maximum Gasteiger partial charge on any atom is 0.313 e. The molecule has 0 aliphatic heterocycles. The van der Waals surface area contributed by atoms with Crippen LogP contribution in [0.3, 0.4) is 0 Å². The van der Waals surface area contributed by atoms with Gasteiger partial charge in [0.15, 0.2) is 0 Å². The van der Waals surface area contributed by atoms with Crippen molar-refractivity contribution in [1.29, 1.82) is 0 Å². The molecule has 2 N–H and O–H groups in total. The van der Waals surface area contributed by atoms with Crippen LogP contribution in [0.5, 0.6) is 5.88 Å². The van der Waals surface area contributed by atoms with E-state index in [0.717, 1.165) is 31.7 Å². The van der Waals surface area contributed by atoms with Gasteiger partial charge >= 0.3 is 11.8 Å². The monoisotopic (exact) mass is 418 g/mol. The molecule has 1 heterocycles. The van der Waals surface area contributed by atoms with E-state index >= 15 is 0 Å². The van der Waals surface area contributed by atoms with Gasteiger partial charge in [-0.3, -0.25) is 19.7 Å². The van der Waals surface area contributed by atoms with Crippen molar-refractivity contribution in [3.05, 3.63) is 57.2 Å². The Morgan fingerprint density at radius 1 is 1.24 bits per heavy atom. The average Bonchev–Trinajstić information content (AvgIpc) is 3.21. The molecule has 1 saturated carbocycles. The van der Waals surface area contributed by atoms with E-state index in [9.17, 15) is 19.7 Å². The maximum atomic E-state index is 12.1. The van der Waals surface area contributed by atoms with Gasteiger partial charge in [0.2, 0.25) is 5.88 Å². The van der Waals surface area contributed by atoms with Crippen LogP contribution in [-0.2, 0) is 16.1 Å². The third-order valence-electron chi connectivity index (χ3n) is 4.49. The molecule has 1 fully saturated rings. The van der Waals surface area contributed by atoms with Crippen LogP contribution in [-0.4, -0.2) is 27.8 Å². The number of non-ortho nitro benzene ring substituents is 1. The van der Waals surface area contributed by atoms with Gasteiger partial charge in [-0.15, -0.1) is 0 Å². The minimum Gasteiger partial charge on any atom is -0.474 e. The predicted octanol–water partition coefficient (Wildman–Crippen LogP) is 3.22. The maximum absolute atomic E-state index is 12.1. The highest BCUT2D eigenvalue weighted by Crippen LogP contribution is 2.27. The summed E-state index contributed by atoms with van der Waals surface area (Å²) in [7, 11) is 0. The number of nitro groups is 1. The second-order valence-corrected chi connectivity index (χ2v) is 6.96. The Balaban J connectivity index is 1.58. The molecular formula is C19H19ClN4O5. The van der Waals surface area contributed by atoms with E-state index < -0.39 is 16.7 Å². The average molecular weight is 419 g/mol. The number of anilines is 1. The number of carbonyl (C=O) groups is 2. The highest BCUT2D eigenvalue weighted by Gasteiger charge is 2.20. The molecule has 1 aromatic carbocycles. The molecule has 0 saturated heterocycles. The van der Waals surface area contributed by atoms with Crippen LogP contribution in [0.15, 0.2) is 36.5 Å². The van der Waals surface area contributed by atoms with Gasteiger partial charge in [-0.05, 0) is 37.8 Å². The molecule has 2 aromatic rings. The van der Waals surface area contributed by atoms with Gasteiger partial charge in [-0.2, -0.15) is 0 Å². The molecule has 0 bridgehead atoms. The number of amides is 2. The molecular weight excluding hydrogens is 400 g/mol. The van der Waals surface area contributed by atoms with Crippen LogP contribution in [0, 0.1) is 10.1 Å². The first-order valence-corrected chi connectivity index (χ1v) is 9.45. The van der Waals surface area contributed by atoms with Gasteiger partial charge < -0.3 is 15.4 Å². The van der Waals surface area contributed by atoms with Gasteiger partial charge in [0, 0.05) is 30.4 Å². The van der Waals surface area contributed by atoms with Crippen LogP contribution in [0.4, 0.5) is 11.4 Å². The Bertz CT molecular complexity index is 931. The standard InChI is InChI=1S/C19H19ClN4O5/c20-15-10-13(24(27)28)7-8-16(15)23-18(26)17(25)22-11-12-4-3-9-21-19(12)29-14-5-1-2-6-14/h3-4,7-10,14H,1-2,5-6,11H2,(H,22,25)(H,23,26). The van der Waals surface area contributed by atoms with Crippen molar-refractivity contribution < 1.29 is 19.2 Å². The molecule has 0 atom stereocenters. The first-order valence-electron chi connectivity index (χ1n) is 9.07. The van der Waals surface area contributed by atoms with Crippen molar-refractivity contribution in [3.63, 3.8) is 0 Å². The topological polar surface area (TPSA) is 123 Å². The lowest BCUT2D eigenvalue weighted by atomic mass is 10.2. The third-order valence-corrected chi connectivity index (χ3v) is 4.80. The van der Waals surface area contributed by atoms with E-state index in [-0.39, 0.29) is 29.0 Å². The van der Waals surface area contributed by atoms with Crippen LogP contribution in [0.2, 0.25) is 5.02 Å². The first kappa shape index (κ1) is 20.5. The Kier molecular flexibility index (Phi) is 6.61. The summed E-state index contributed by atoms with van der Waals surface area (Å²) in [6.07, 6.45) is 5.91. The number of aromatic nitrogens is 1. The lowest BCUT2D eigenvalue weighted by Crippen LogP contribution is -2.35.